The first-order valence-electron chi connectivity index (χ1n) is 7.19. The van der Waals surface area contributed by atoms with Crippen molar-refractivity contribution in [3.63, 3.8) is 0 Å². The lowest BCUT2D eigenvalue weighted by atomic mass is 10.2. The minimum Gasteiger partial charge on any atom is -0.422 e. The second kappa shape index (κ2) is 6.27. The van der Waals surface area contributed by atoms with Gasteiger partial charge in [-0.1, -0.05) is 35.1 Å². The first-order valence-corrected chi connectivity index (χ1v) is 8.38. The molecule has 5 nitrogen and oxygen atoms in total. The molecule has 25 heavy (non-hydrogen) atoms. The molecule has 1 N–H and O–H groups in total. The summed E-state index contributed by atoms with van der Waals surface area (Å²) in [6.45, 7) is 0. The number of anilines is 2. The van der Waals surface area contributed by atoms with Crippen LogP contribution in [0.15, 0.2) is 57.7 Å². The maximum Gasteiger partial charge on any atom is 0.346 e. The number of para-hydroxylation sites is 1. The summed E-state index contributed by atoms with van der Waals surface area (Å²) in [6, 6.07) is 12.9. The molecule has 0 saturated heterocycles. The van der Waals surface area contributed by atoms with Crippen molar-refractivity contribution in [3.8, 4) is 10.6 Å². The van der Waals surface area contributed by atoms with Gasteiger partial charge in [-0.2, -0.15) is 0 Å². The Morgan fingerprint density at radius 3 is 2.80 bits per heavy atom. The number of rotatable bonds is 3. The van der Waals surface area contributed by atoms with Gasteiger partial charge in [0.1, 0.15) is 11.4 Å². The smallest absolute Gasteiger partial charge is 0.346 e. The Kier molecular flexibility index (Phi) is 3.95. The van der Waals surface area contributed by atoms with Gasteiger partial charge in [0.25, 0.3) is 0 Å². The number of hydrogen-bond acceptors (Lipinski definition) is 6. The van der Waals surface area contributed by atoms with Gasteiger partial charge in [0.05, 0.1) is 11.3 Å². The molecular weight excluding hydrogens is 365 g/mol. The SMILES string of the molecule is O=c1oc2ccc(Cl)cc2cc1-c1nnc(Nc2ccccc2F)s1. The van der Waals surface area contributed by atoms with E-state index in [1.165, 1.54) is 6.07 Å². The quantitative estimate of drug-likeness (QED) is 0.520. The highest BCUT2D eigenvalue weighted by Gasteiger charge is 2.14. The molecule has 4 aromatic rings. The van der Waals surface area contributed by atoms with Gasteiger partial charge in [0, 0.05) is 10.4 Å². The summed E-state index contributed by atoms with van der Waals surface area (Å²) in [5, 5.41) is 12.7. The van der Waals surface area contributed by atoms with Crippen molar-refractivity contribution in [1.82, 2.24) is 10.2 Å². The van der Waals surface area contributed by atoms with E-state index in [1.807, 2.05) is 0 Å². The minimum atomic E-state index is -0.525. The van der Waals surface area contributed by atoms with Crippen LogP contribution in [0.4, 0.5) is 15.2 Å². The predicted molar refractivity (Wildman–Crippen MR) is 96.1 cm³/mol. The summed E-state index contributed by atoms with van der Waals surface area (Å²) in [4.78, 5) is 12.2. The molecule has 0 aliphatic carbocycles. The van der Waals surface area contributed by atoms with Crippen molar-refractivity contribution < 1.29 is 8.81 Å². The molecule has 2 aromatic carbocycles. The molecule has 0 bridgehead atoms. The van der Waals surface area contributed by atoms with Gasteiger partial charge in [-0.3, -0.25) is 0 Å². The molecule has 2 heterocycles. The molecule has 0 atom stereocenters. The average Bonchev–Trinajstić information content (AvgIpc) is 3.05. The maximum atomic E-state index is 13.7. The van der Waals surface area contributed by atoms with E-state index in [-0.39, 0.29) is 11.3 Å². The van der Waals surface area contributed by atoms with Crippen LogP contribution >= 0.6 is 22.9 Å². The molecular formula is C17H9ClFN3O2S. The molecule has 0 fully saturated rings. The van der Waals surface area contributed by atoms with Crippen molar-refractivity contribution in [1.29, 1.82) is 0 Å². The standard InChI is InChI=1S/C17H9ClFN3O2S/c18-10-5-6-14-9(7-10)8-11(16(23)24-14)15-21-22-17(25-15)20-13-4-2-1-3-12(13)19/h1-8H,(H,20,22). The number of aromatic nitrogens is 2. The lowest BCUT2D eigenvalue weighted by molar-refractivity contribution is 0.563. The summed E-state index contributed by atoms with van der Waals surface area (Å²) < 4.78 is 19.0. The number of fused-ring (bicyclic) bond motifs is 1. The fraction of sp³-hybridized carbons (Fsp3) is 0. The van der Waals surface area contributed by atoms with Gasteiger partial charge in [0.2, 0.25) is 5.13 Å². The molecule has 4 rings (SSSR count). The van der Waals surface area contributed by atoms with Crippen LogP contribution in [0.3, 0.4) is 0 Å². The number of hydrogen-bond donors (Lipinski definition) is 1. The van der Waals surface area contributed by atoms with Crippen molar-refractivity contribution in [3.05, 3.63) is 69.8 Å². The normalized spacial score (nSPS) is 11.0. The van der Waals surface area contributed by atoms with E-state index >= 15 is 0 Å². The molecule has 0 saturated carbocycles. The van der Waals surface area contributed by atoms with Gasteiger partial charge in [0.15, 0.2) is 5.01 Å². The van der Waals surface area contributed by atoms with E-state index in [2.05, 4.69) is 15.5 Å². The Labute approximate surface area is 149 Å². The molecule has 124 valence electrons. The number of halogens is 2. The lowest BCUT2D eigenvalue weighted by Crippen LogP contribution is -2.02. The van der Waals surface area contributed by atoms with Crippen LogP contribution < -0.4 is 10.9 Å². The predicted octanol–water partition coefficient (Wildman–Crippen LogP) is 4.85. The zero-order valence-electron chi connectivity index (χ0n) is 12.5. The molecule has 0 unspecified atom stereocenters. The highest BCUT2D eigenvalue weighted by molar-refractivity contribution is 7.18. The second-order valence-electron chi connectivity index (χ2n) is 5.15. The Morgan fingerprint density at radius 2 is 1.96 bits per heavy atom. The molecule has 0 aliphatic rings. The monoisotopic (exact) mass is 373 g/mol. The molecule has 2 aromatic heterocycles. The topological polar surface area (TPSA) is 68.0 Å². The van der Waals surface area contributed by atoms with E-state index in [4.69, 9.17) is 16.0 Å². The van der Waals surface area contributed by atoms with Crippen LogP contribution in [-0.2, 0) is 0 Å². The van der Waals surface area contributed by atoms with Crippen LogP contribution in [0.2, 0.25) is 5.02 Å². The van der Waals surface area contributed by atoms with E-state index in [0.29, 0.717) is 26.1 Å². The third-order valence-electron chi connectivity index (χ3n) is 3.47. The highest BCUT2D eigenvalue weighted by Crippen LogP contribution is 2.29. The Hall–Kier alpha value is -2.77. The van der Waals surface area contributed by atoms with Gasteiger partial charge in [-0.25, -0.2) is 9.18 Å². The first-order chi connectivity index (χ1) is 12.1. The van der Waals surface area contributed by atoms with Gasteiger partial charge in [-0.15, -0.1) is 10.2 Å². The largest absolute Gasteiger partial charge is 0.422 e. The van der Waals surface area contributed by atoms with Crippen molar-refractivity contribution in [2.45, 2.75) is 0 Å². The summed E-state index contributed by atoms with van der Waals surface area (Å²) in [5.41, 5.74) is 0.465. The zero-order chi connectivity index (χ0) is 17.4. The van der Waals surface area contributed by atoms with Crippen LogP contribution in [-0.4, -0.2) is 10.2 Å². The van der Waals surface area contributed by atoms with Gasteiger partial charge < -0.3 is 9.73 Å². The van der Waals surface area contributed by atoms with E-state index in [1.54, 1.807) is 42.5 Å². The molecule has 0 aliphatic heterocycles. The fourth-order valence-corrected chi connectivity index (χ4v) is 3.24. The van der Waals surface area contributed by atoms with Crippen LogP contribution in [0.1, 0.15) is 0 Å². The third-order valence-corrected chi connectivity index (χ3v) is 4.57. The Morgan fingerprint density at radius 1 is 1.12 bits per heavy atom. The Balaban J connectivity index is 1.72. The zero-order valence-corrected chi connectivity index (χ0v) is 14.1. The van der Waals surface area contributed by atoms with Crippen molar-refractivity contribution in [2.24, 2.45) is 0 Å². The highest BCUT2D eigenvalue weighted by atomic mass is 35.5. The molecule has 0 spiro atoms. The number of benzene rings is 2. The first kappa shape index (κ1) is 15.7. The second-order valence-corrected chi connectivity index (χ2v) is 6.56. The summed E-state index contributed by atoms with van der Waals surface area (Å²) in [7, 11) is 0. The van der Waals surface area contributed by atoms with E-state index < -0.39 is 11.4 Å². The van der Waals surface area contributed by atoms with Gasteiger partial charge >= 0.3 is 5.63 Å². The maximum absolute atomic E-state index is 13.7. The Bertz CT molecular complexity index is 1140. The number of nitrogens with zero attached hydrogens (tertiary/aromatic N) is 2. The number of nitrogens with one attached hydrogen (secondary N) is 1. The summed E-state index contributed by atoms with van der Waals surface area (Å²) >= 11 is 7.10. The van der Waals surface area contributed by atoms with Crippen molar-refractivity contribution >= 4 is 44.7 Å². The fourth-order valence-electron chi connectivity index (χ4n) is 2.30. The minimum absolute atomic E-state index is 0.272. The van der Waals surface area contributed by atoms with Crippen LogP contribution in [0, 0.1) is 5.82 Å². The van der Waals surface area contributed by atoms with Crippen LogP contribution in [0.5, 0.6) is 0 Å². The average molecular weight is 374 g/mol. The summed E-state index contributed by atoms with van der Waals surface area (Å²) in [5.74, 6) is -0.404. The summed E-state index contributed by atoms with van der Waals surface area (Å²) in [6.07, 6.45) is 0. The van der Waals surface area contributed by atoms with Crippen LogP contribution in [0.25, 0.3) is 21.5 Å². The lowest BCUT2D eigenvalue weighted by Gasteiger charge is -2.02. The van der Waals surface area contributed by atoms with E-state index in [0.717, 1.165) is 11.3 Å². The third kappa shape index (κ3) is 3.11. The van der Waals surface area contributed by atoms with Gasteiger partial charge in [-0.05, 0) is 36.4 Å². The van der Waals surface area contributed by atoms with Crippen molar-refractivity contribution in [2.75, 3.05) is 5.32 Å². The molecule has 0 amide bonds. The van der Waals surface area contributed by atoms with E-state index in [9.17, 15) is 9.18 Å². The molecule has 8 heteroatoms. The molecule has 0 radical (unpaired) electrons.